The average molecular weight is 246 g/mol. The lowest BCUT2D eigenvalue weighted by Crippen LogP contribution is -2.42. The molecule has 1 aromatic carbocycles. The quantitative estimate of drug-likeness (QED) is 0.486. The highest BCUT2D eigenvalue weighted by molar-refractivity contribution is 5.23. The molecular weight excluding hydrogens is 220 g/mol. The van der Waals surface area contributed by atoms with Crippen LogP contribution in [0.2, 0.25) is 0 Å². The van der Waals surface area contributed by atoms with Gasteiger partial charge in [0.2, 0.25) is 0 Å². The molecule has 0 aromatic heterocycles. The maximum atomic E-state index is 5.79. The summed E-state index contributed by atoms with van der Waals surface area (Å²) in [6.45, 7) is 2.15. The van der Waals surface area contributed by atoms with Gasteiger partial charge in [0.05, 0.1) is 0 Å². The smallest absolute Gasteiger partial charge is 0.0279 e. The molecule has 1 atom stereocenters. The first-order valence-corrected chi connectivity index (χ1v) is 7.31. The van der Waals surface area contributed by atoms with Gasteiger partial charge >= 0.3 is 0 Å². The molecule has 1 fully saturated rings. The Morgan fingerprint density at radius 3 is 2.56 bits per heavy atom. The second-order valence-corrected chi connectivity index (χ2v) is 5.72. The Kier molecular flexibility index (Phi) is 5.21. The Morgan fingerprint density at radius 1 is 1.22 bits per heavy atom. The van der Waals surface area contributed by atoms with Crippen molar-refractivity contribution in [3.05, 3.63) is 35.4 Å². The van der Waals surface area contributed by atoms with Crippen LogP contribution in [0.5, 0.6) is 0 Å². The number of hydrogen-bond donors (Lipinski definition) is 2. The summed E-state index contributed by atoms with van der Waals surface area (Å²) >= 11 is 0. The van der Waals surface area contributed by atoms with Gasteiger partial charge in [-0.3, -0.25) is 11.3 Å². The number of rotatable bonds is 4. The molecule has 0 aliphatic heterocycles. The summed E-state index contributed by atoms with van der Waals surface area (Å²) in [7, 11) is 0. The third-order valence-corrected chi connectivity index (χ3v) is 4.22. The zero-order valence-electron chi connectivity index (χ0n) is 11.5. The van der Waals surface area contributed by atoms with E-state index < -0.39 is 0 Å². The van der Waals surface area contributed by atoms with Gasteiger partial charge in [0.25, 0.3) is 0 Å². The zero-order chi connectivity index (χ0) is 12.8. The van der Waals surface area contributed by atoms with Crippen LogP contribution in [0.4, 0.5) is 0 Å². The minimum Gasteiger partial charge on any atom is -0.271 e. The van der Waals surface area contributed by atoms with Gasteiger partial charge in [-0.05, 0) is 37.7 Å². The fraction of sp³-hybridized carbons (Fsp3) is 0.625. The molecule has 2 nitrogen and oxygen atoms in total. The molecule has 0 bridgehead atoms. The SMILES string of the molecule is Cc1cccc(CC(NN)C2CCCCCC2)c1. The number of nitrogens with two attached hydrogens (primary N) is 1. The number of nitrogens with one attached hydrogen (secondary N) is 1. The van der Waals surface area contributed by atoms with Crippen molar-refractivity contribution in [2.75, 3.05) is 0 Å². The van der Waals surface area contributed by atoms with Gasteiger partial charge in [0.1, 0.15) is 0 Å². The van der Waals surface area contributed by atoms with Crippen molar-refractivity contribution in [3.8, 4) is 0 Å². The van der Waals surface area contributed by atoms with Crippen molar-refractivity contribution >= 4 is 0 Å². The molecule has 0 spiro atoms. The number of benzene rings is 1. The molecule has 1 unspecified atom stereocenters. The lowest BCUT2D eigenvalue weighted by atomic mass is 9.88. The molecule has 2 heteroatoms. The van der Waals surface area contributed by atoms with Crippen LogP contribution in [0.25, 0.3) is 0 Å². The molecule has 100 valence electrons. The minimum absolute atomic E-state index is 0.435. The normalized spacial score (nSPS) is 19.4. The fourth-order valence-electron chi connectivity index (χ4n) is 3.17. The highest BCUT2D eigenvalue weighted by Gasteiger charge is 2.21. The maximum Gasteiger partial charge on any atom is 0.0279 e. The second-order valence-electron chi connectivity index (χ2n) is 5.72. The van der Waals surface area contributed by atoms with Gasteiger partial charge in [-0.1, -0.05) is 55.5 Å². The first kappa shape index (κ1) is 13.6. The Hall–Kier alpha value is -0.860. The summed E-state index contributed by atoms with van der Waals surface area (Å²) < 4.78 is 0. The van der Waals surface area contributed by atoms with Gasteiger partial charge in [0, 0.05) is 6.04 Å². The van der Waals surface area contributed by atoms with Crippen LogP contribution in [0, 0.1) is 12.8 Å². The van der Waals surface area contributed by atoms with Crippen LogP contribution < -0.4 is 11.3 Å². The first-order chi connectivity index (χ1) is 8.79. The summed E-state index contributed by atoms with van der Waals surface area (Å²) in [5.41, 5.74) is 5.81. The summed E-state index contributed by atoms with van der Waals surface area (Å²) in [4.78, 5) is 0. The minimum atomic E-state index is 0.435. The predicted octanol–water partition coefficient (Wildman–Crippen LogP) is 3.34. The lowest BCUT2D eigenvalue weighted by molar-refractivity contribution is 0.320. The van der Waals surface area contributed by atoms with Crippen molar-refractivity contribution in [1.29, 1.82) is 0 Å². The van der Waals surface area contributed by atoms with Gasteiger partial charge in [-0.25, -0.2) is 0 Å². The van der Waals surface area contributed by atoms with Crippen LogP contribution in [0.3, 0.4) is 0 Å². The summed E-state index contributed by atoms with van der Waals surface area (Å²) in [5, 5.41) is 0. The van der Waals surface area contributed by atoms with Crippen LogP contribution >= 0.6 is 0 Å². The molecular formula is C16H26N2. The van der Waals surface area contributed by atoms with E-state index in [-0.39, 0.29) is 0 Å². The number of aryl methyl sites for hydroxylation is 1. The van der Waals surface area contributed by atoms with E-state index >= 15 is 0 Å². The molecule has 18 heavy (non-hydrogen) atoms. The summed E-state index contributed by atoms with van der Waals surface area (Å²) in [6, 6.07) is 9.23. The predicted molar refractivity (Wildman–Crippen MR) is 77.2 cm³/mol. The fourth-order valence-corrected chi connectivity index (χ4v) is 3.17. The first-order valence-electron chi connectivity index (χ1n) is 7.31. The Labute approximate surface area is 111 Å². The van der Waals surface area contributed by atoms with E-state index in [0.717, 1.165) is 12.3 Å². The lowest BCUT2D eigenvalue weighted by Gasteiger charge is -2.25. The highest BCUT2D eigenvalue weighted by atomic mass is 15.2. The van der Waals surface area contributed by atoms with Crippen molar-refractivity contribution in [1.82, 2.24) is 5.43 Å². The van der Waals surface area contributed by atoms with Gasteiger partial charge in [-0.15, -0.1) is 0 Å². The van der Waals surface area contributed by atoms with Crippen molar-refractivity contribution < 1.29 is 0 Å². The molecule has 0 radical (unpaired) electrons. The molecule has 2 rings (SSSR count). The molecule has 1 aromatic rings. The van der Waals surface area contributed by atoms with E-state index in [1.807, 2.05) is 0 Å². The van der Waals surface area contributed by atoms with E-state index in [2.05, 4.69) is 36.6 Å². The number of hydrazine groups is 1. The molecule has 1 saturated carbocycles. The van der Waals surface area contributed by atoms with Crippen LogP contribution in [-0.4, -0.2) is 6.04 Å². The van der Waals surface area contributed by atoms with E-state index in [4.69, 9.17) is 5.84 Å². The van der Waals surface area contributed by atoms with E-state index in [0.29, 0.717) is 6.04 Å². The van der Waals surface area contributed by atoms with Crippen molar-refractivity contribution in [3.63, 3.8) is 0 Å². The summed E-state index contributed by atoms with van der Waals surface area (Å²) in [5.74, 6) is 6.54. The Morgan fingerprint density at radius 2 is 1.94 bits per heavy atom. The van der Waals surface area contributed by atoms with Gasteiger partial charge < -0.3 is 0 Å². The van der Waals surface area contributed by atoms with Crippen LogP contribution in [0.15, 0.2) is 24.3 Å². The molecule has 3 N–H and O–H groups in total. The monoisotopic (exact) mass is 246 g/mol. The second kappa shape index (κ2) is 6.91. The topological polar surface area (TPSA) is 38.0 Å². The third-order valence-electron chi connectivity index (χ3n) is 4.22. The standard InChI is InChI=1S/C16H26N2/c1-13-7-6-8-14(11-13)12-16(18-17)15-9-4-2-3-5-10-15/h6-8,11,15-16,18H,2-5,9-10,12,17H2,1H3. The van der Waals surface area contributed by atoms with Crippen LogP contribution in [0.1, 0.15) is 49.7 Å². The highest BCUT2D eigenvalue weighted by Crippen LogP contribution is 2.27. The van der Waals surface area contributed by atoms with Gasteiger partial charge in [-0.2, -0.15) is 0 Å². The molecule has 0 saturated heterocycles. The third kappa shape index (κ3) is 3.82. The van der Waals surface area contributed by atoms with E-state index in [1.54, 1.807) is 0 Å². The van der Waals surface area contributed by atoms with E-state index in [1.165, 1.54) is 49.7 Å². The number of hydrogen-bond acceptors (Lipinski definition) is 2. The Balaban J connectivity index is 1.99. The van der Waals surface area contributed by atoms with Crippen molar-refractivity contribution in [2.24, 2.45) is 11.8 Å². The molecule has 1 aliphatic carbocycles. The van der Waals surface area contributed by atoms with Crippen molar-refractivity contribution in [2.45, 2.75) is 57.9 Å². The zero-order valence-corrected chi connectivity index (χ0v) is 11.5. The maximum absolute atomic E-state index is 5.79. The summed E-state index contributed by atoms with van der Waals surface area (Å²) in [6.07, 6.45) is 9.27. The molecule has 1 aliphatic rings. The molecule has 0 amide bonds. The molecule has 0 heterocycles. The Bertz CT molecular complexity index is 354. The van der Waals surface area contributed by atoms with Crippen LogP contribution in [-0.2, 0) is 6.42 Å². The van der Waals surface area contributed by atoms with E-state index in [9.17, 15) is 0 Å². The average Bonchev–Trinajstić information content (AvgIpc) is 2.65. The largest absolute Gasteiger partial charge is 0.271 e. The van der Waals surface area contributed by atoms with Gasteiger partial charge in [0.15, 0.2) is 0 Å².